The van der Waals surface area contributed by atoms with Gasteiger partial charge in [0.25, 0.3) is 5.91 Å². The quantitative estimate of drug-likeness (QED) is 0.405. The number of nitrogens with zero attached hydrogens (tertiary/aromatic N) is 4. The fourth-order valence-corrected chi connectivity index (χ4v) is 3.98. The van der Waals surface area contributed by atoms with E-state index < -0.39 is 23.1 Å². The van der Waals surface area contributed by atoms with Crippen molar-refractivity contribution in [2.75, 3.05) is 46.4 Å². The van der Waals surface area contributed by atoms with Gasteiger partial charge in [0.1, 0.15) is 23.5 Å². The summed E-state index contributed by atoms with van der Waals surface area (Å²) in [6.45, 7) is 8.74. The van der Waals surface area contributed by atoms with Gasteiger partial charge in [-0.1, -0.05) is 25.3 Å². The summed E-state index contributed by atoms with van der Waals surface area (Å²) in [5, 5.41) is 0. The first kappa shape index (κ1) is 28.5. The number of hydrogen-bond acceptors (Lipinski definition) is 7. The Labute approximate surface area is 221 Å². The molecule has 1 aliphatic rings. The number of rotatable bonds is 8. The number of allylic oxidation sites excluding steroid dienone is 3. The summed E-state index contributed by atoms with van der Waals surface area (Å²) in [7, 11) is 1.63. The minimum atomic E-state index is -0.964. The highest BCUT2D eigenvalue weighted by Gasteiger charge is 2.27. The molecule has 2 aromatic rings. The lowest BCUT2D eigenvalue weighted by Gasteiger charge is -2.34. The second kappa shape index (κ2) is 13.5. The van der Waals surface area contributed by atoms with E-state index in [0.29, 0.717) is 61.7 Å². The maximum atomic E-state index is 15.3. The van der Waals surface area contributed by atoms with Gasteiger partial charge in [-0.05, 0) is 30.7 Å². The Morgan fingerprint density at radius 2 is 1.87 bits per heavy atom. The number of aromatic nitrogens is 2. The van der Waals surface area contributed by atoms with Crippen LogP contribution < -0.4 is 11.5 Å². The van der Waals surface area contributed by atoms with Crippen LogP contribution in [0.1, 0.15) is 28.5 Å². The molecule has 200 valence electrons. The average Bonchev–Trinajstić information content (AvgIpc) is 2.91. The van der Waals surface area contributed by atoms with Crippen LogP contribution in [0.4, 0.5) is 8.78 Å². The van der Waals surface area contributed by atoms with Crippen LogP contribution in [0.3, 0.4) is 0 Å². The van der Waals surface area contributed by atoms with Crippen molar-refractivity contribution >= 4 is 5.91 Å². The number of hydrogen-bond donors (Lipinski definition) is 2. The first-order chi connectivity index (χ1) is 18.3. The first-order valence-corrected chi connectivity index (χ1v) is 12.2. The number of carbonyl (C=O) groups excluding carboxylic acids is 1. The number of ether oxygens (including phenoxy) is 1. The molecule has 0 bridgehead atoms. The predicted molar refractivity (Wildman–Crippen MR) is 143 cm³/mol. The summed E-state index contributed by atoms with van der Waals surface area (Å²) in [5.41, 5.74) is 12.8. The smallest absolute Gasteiger partial charge is 0.259 e. The Balaban J connectivity index is 1.93. The van der Waals surface area contributed by atoms with Gasteiger partial charge in [-0.2, -0.15) is 0 Å². The summed E-state index contributed by atoms with van der Waals surface area (Å²) >= 11 is 0. The second-order valence-corrected chi connectivity index (χ2v) is 8.62. The molecule has 38 heavy (non-hydrogen) atoms. The molecule has 1 aromatic heterocycles. The zero-order valence-electron chi connectivity index (χ0n) is 21.6. The predicted octanol–water partition coefficient (Wildman–Crippen LogP) is 2.61. The van der Waals surface area contributed by atoms with Gasteiger partial charge in [-0.3, -0.25) is 9.69 Å². The molecular formula is C28H32F2N6O2. The van der Waals surface area contributed by atoms with E-state index in [-0.39, 0.29) is 11.3 Å². The van der Waals surface area contributed by atoms with Crippen molar-refractivity contribution in [1.29, 1.82) is 0 Å². The highest BCUT2D eigenvalue weighted by molar-refractivity contribution is 5.95. The largest absolute Gasteiger partial charge is 0.404 e. The summed E-state index contributed by atoms with van der Waals surface area (Å²) in [6.07, 6.45) is 6.28. The van der Waals surface area contributed by atoms with Crippen molar-refractivity contribution in [3.8, 4) is 23.1 Å². The number of halogens is 2. The maximum Gasteiger partial charge on any atom is 0.259 e. The van der Waals surface area contributed by atoms with E-state index >= 15 is 8.78 Å². The fraction of sp³-hybridized carbons (Fsp3) is 0.321. The van der Waals surface area contributed by atoms with Crippen LogP contribution >= 0.6 is 0 Å². The molecule has 1 amide bonds. The monoisotopic (exact) mass is 522 g/mol. The normalized spacial score (nSPS) is 14.4. The lowest BCUT2D eigenvalue weighted by Crippen LogP contribution is -2.49. The topological polar surface area (TPSA) is 111 Å². The van der Waals surface area contributed by atoms with Crippen LogP contribution in [0.25, 0.3) is 11.3 Å². The third-order valence-corrected chi connectivity index (χ3v) is 6.05. The molecule has 8 nitrogen and oxygen atoms in total. The van der Waals surface area contributed by atoms with E-state index in [4.69, 9.17) is 16.2 Å². The molecule has 0 aliphatic carbocycles. The van der Waals surface area contributed by atoms with Crippen LogP contribution in [0.2, 0.25) is 0 Å². The molecule has 0 spiro atoms. The Morgan fingerprint density at radius 1 is 1.18 bits per heavy atom. The van der Waals surface area contributed by atoms with Crippen LogP contribution in [-0.4, -0.2) is 72.1 Å². The highest BCUT2D eigenvalue weighted by Crippen LogP contribution is 2.28. The van der Waals surface area contributed by atoms with Crippen molar-refractivity contribution in [3.05, 3.63) is 83.1 Å². The number of amides is 1. The summed E-state index contributed by atoms with van der Waals surface area (Å²) in [6, 6.07) is 2.21. The van der Waals surface area contributed by atoms with Gasteiger partial charge in [0.05, 0.1) is 23.6 Å². The lowest BCUT2D eigenvalue weighted by atomic mass is 10.0. The molecule has 0 saturated carbocycles. The molecule has 10 heteroatoms. The van der Waals surface area contributed by atoms with E-state index in [0.717, 1.165) is 18.7 Å². The number of methoxy groups -OCH3 is 1. The molecule has 1 fully saturated rings. The standard InChI is InChI=1S/C28H32F2N6O2/c1-4-25-22(8-7-20(17-31)6-5-19(2)32)27(34-18-33-25)21-15-23(29)26(24(30)16-21)28(37)36-11-9-35(10-12-36)13-14-38-3/h5-6,15-18H,2,4,9-14,31-32H2,1,3H3/b6-5-,20-17+. The molecule has 3 rings (SSSR count). The van der Waals surface area contributed by atoms with E-state index in [2.05, 4.69) is 33.3 Å². The first-order valence-electron chi connectivity index (χ1n) is 12.2. The van der Waals surface area contributed by atoms with Crippen LogP contribution in [0.15, 0.2) is 54.7 Å². The number of nitrogens with two attached hydrogens (primary N) is 2. The Hall–Kier alpha value is -4.07. The van der Waals surface area contributed by atoms with Gasteiger partial charge >= 0.3 is 0 Å². The second-order valence-electron chi connectivity index (χ2n) is 8.62. The fourth-order valence-electron chi connectivity index (χ4n) is 3.98. The van der Waals surface area contributed by atoms with E-state index in [9.17, 15) is 4.79 Å². The van der Waals surface area contributed by atoms with Gasteiger partial charge in [0, 0.05) is 62.9 Å². The van der Waals surface area contributed by atoms with E-state index in [1.807, 2.05) is 6.92 Å². The van der Waals surface area contributed by atoms with Gasteiger partial charge in [0.15, 0.2) is 0 Å². The molecule has 0 radical (unpaired) electrons. The van der Waals surface area contributed by atoms with E-state index in [1.54, 1.807) is 19.3 Å². The summed E-state index contributed by atoms with van der Waals surface area (Å²) in [5.74, 6) is 3.27. The van der Waals surface area contributed by atoms with E-state index in [1.165, 1.54) is 17.4 Å². The number of benzene rings is 1. The Bertz CT molecular complexity index is 1280. The average molecular weight is 523 g/mol. The molecule has 1 aromatic carbocycles. The van der Waals surface area contributed by atoms with Crippen LogP contribution in [-0.2, 0) is 11.2 Å². The third kappa shape index (κ3) is 7.03. The third-order valence-electron chi connectivity index (χ3n) is 6.05. The molecule has 2 heterocycles. The van der Waals surface area contributed by atoms with Crippen molar-refractivity contribution in [1.82, 2.24) is 19.8 Å². The van der Waals surface area contributed by atoms with Crippen LogP contribution in [0.5, 0.6) is 0 Å². The van der Waals surface area contributed by atoms with Gasteiger partial charge in [0.2, 0.25) is 0 Å². The lowest BCUT2D eigenvalue weighted by molar-refractivity contribution is 0.0585. The summed E-state index contributed by atoms with van der Waals surface area (Å²) in [4.78, 5) is 25.1. The van der Waals surface area contributed by atoms with Gasteiger partial charge in [-0.15, -0.1) is 0 Å². The number of carbonyl (C=O) groups is 1. The zero-order chi connectivity index (χ0) is 27.7. The molecular weight excluding hydrogens is 490 g/mol. The molecule has 0 atom stereocenters. The molecule has 1 saturated heterocycles. The van der Waals surface area contributed by atoms with Crippen molar-refractivity contribution in [3.63, 3.8) is 0 Å². The van der Waals surface area contributed by atoms with Crippen molar-refractivity contribution in [2.45, 2.75) is 13.3 Å². The van der Waals surface area contributed by atoms with Gasteiger partial charge < -0.3 is 21.1 Å². The molecule has 4 N–H and O–H groups in total. The Morgan fingerprint density at radius 3 is 2.45 bits per heavy atom. The highest BCUT2D eigenvalue weighted by atomic mass is 19.1. The number of piperazine rings is 1. The maximum absolute atomic E-state index is 15.3. The van der Waals surface area contributed by atoms with Gasteiger partial charge in [-0.25, -0.2) is 18.7 Å². The SMILES string of the molecule is C=C(N)/C=C\C(C#Cc1c(CC)ncnc1-c1cc(F)c(C(=O)N2CCN(CCOC)CC2)c(F)c1)=C/N. The molecule has 1 aliphatic heterocycles. The zero-order valence-corrected chi connectivity index (χ0v) is 21.6. The number of aryl methyl sites for hydroxylation is 1. The minimum Gasteiger partial charge on any atom is -0.404 e. The Kier molecular flexibility index (Phi) is 10.1. The summed E-state index contributed by atoms with van der Waals surface area (Å²) < 4.78 is 35.6. The van der Waals surface area contributed by atoms with Crippen LogP contribution in [0, 0.1) is 23.5 Å². The minimum absolute atomic E-state index is 0.145. The van der Waals surface area contributed by atoms with Crippen molar-refractivity contribution in [2.24, 2.45) is 11.5 Å². The molecule has 0 unspecified atom stereocenters. The van der Waals surface area contributed by atoms with Crippen molar-refractivity contribution < 1.29 is 18.3 Å².